The van der Waals surface area contributed by atoms with E-state index in [-0.39, 0.29) is 28.9 Å². The normalized spacial score (nSPS) is 26.5. The predicted molar refractivity (Wildman–Crippen MR) is 120 cm³/mol. The molecule has 0 bridgehead atoms. The van der Waals surface area contributed by atoms with Crippen LogP contribution in [0.2, 0.25) is 0 Å². The number of hydrogen-bond donors (Lipinski definition) is 4. The molecule has 2 aliphatic rings. The van der Waals surface area contributed by atoms with Crippen molar-refractivity contribution in [2.45, 2.75) is 42.7 Å². The third-order valence-corrected chi connectivity index (χ3v) is 10.5. The number of methoxy groups -OCH3 is 1. The number of rotatable bonds is 4. The SMILES string of the molecule is COc1cnc(C(=O)Nc2ccc(F)c([C@@]3(C)N=C(N)C(C)(C)[SH]4(=O)NCC[C@@H]34)n2)cn1. The molecule has 4 rings (SSSR count). The maximum absolute atomic E-state index is 15.0. The van der Waals surface area contributed by atoms with E-state index in [0.29, 0.717) is 13.0 Å². The second-order valence-electron chi connectivity index (χ2n) is 8.50. The lowest BCUT2D eigenvalue weighted by atomic mass is 9.90. The molecule has 4 N–H and O–H groups in total. The van der Waals surface area contributed by atoms with E-state index in [1.165, 1.54) is 31.6 Å². The number of carbonyl (C=O) groups excluding carboxylic acids is 1. The van der Waals surface area contributed by atoms with E-state index in [0.717, 1.165) is 0 Å². The maximum atomic E-state index is 15.0. The Bertz CT molecular complexity index is 1150. The second-order valence-corrected chi connectivity index (χ2v) is 11.9. The lowest BCUT2D eigenvalue weighted by Crippen LogP contribution is -2.64. The van der Waals surface area contributed by atoms with Crippen molar-refractivity contribution in [3.05, 3.63) is 41.7 Å². The number of anilines is 1. The molecule has 0 saturated carbocycles. The van der Waals surface area contributed by atoms with Crippen molar-refractivity contribution in [1.29, 1.82) is 0 Å². The van der Waals surface area contributed by atoms with Crippen LogP contribution >= 0.6 is 0 Å². The summed E-state index contributed by atoms with van der Waals surface area (Å²) in [5.41, 5.74) is 4.98. The maximum Gasteiger partial charge on any atom is 0.277 e. The fraction of sp³-hybridized carbons (Fsp3) is 0.450. The minimum atomic E-state index is -3.07. The quantitative estimate of drug-likeness (QED) is 0.494. The summed E-state index contributed by atoms with van der Waals surface area (Å²) in [6, 6.07) is 2.53. The highest BCUT2D eigenvalue weighted by atomic mass is 32.3. The first-order valence-electron chi connectivity index (χ1n) is 10.1. The largest absolute Gasteiger partial charge is 0.480 e. The summed E-state index contributed by atoms with van der Waals surface area (Å²) >= 11 is 0. The molecule has 2 aliphatic heterocycles. The van der Waals surface area contributed by atoms with Gasteiger partial charge in [-0.2, -0.15) is 0 Å². The summed E-state index contributed by atoms with van der Waals surface area (Å²) in [6.07, 6.45) is 3.10. The van der Waals surface area contributed by atoms with Crippen molar-refractivity contribution in [2.75, 3.05) is 19.0 Å². The number of carbonyl (C=O) groups is 1. The Kier molecular flexibility index (Phi) is 5.24. The van der Waals surface area contributed by atoms with Gasteiger partial charge in [0.15, 0.2) is 0 Å². The molecule has 0 radical (unpaired) electrons. The van der Waals surface area contributed by atoms with Crippen LogP contribution in [-0.2, 0) is 15.7 Å². The number of halogens is 1. The molecule has 1 saturated heterocycles. The van der Waals surface area contributed by atoms with Gasteiger partial charge in [-0.25, -0.2) is 19.3 Å². The standard InChI is InChI=1S/C20H26FN7O3S/c1-19(2)18(22)28-20(3,13-7-8-25-32(13,19)30)16-11(21)5-6-14(26-16)27-17(29)12-9-24-15(31-4)10-23-12/h5-6,9-10,13,32H,7-8H2,1-4H3,(H2,22,28)(H,25,30)(H,26,27,29)/t13-,20-/m0/s1. The molecule has 4 heterocycles. The van der Waals surface area contributed by atoms with Gasteiger partial charge in [0.2, 0.25) is 5.88 Å². The van der Waals surface area contributed by atoms with Crippen LogP contribution < -0.4 is 20.5 Å². The lowest BCUT2D eigenvalue weighted by Gasteiger charge is -2.50. The van der Waals surface area contributed by atoms with Gasteiger partial charge in [-0.3, -0.25) is 18.7 Å². The van der Waals surface area contributed by atoms with Crippen molar-refractivity contribution in [1.82, 2.24) is 19.7 Å². The van der Waals surface area contributed by atoms with Gasteiger partial charge in [0, 0.05) is 6.54 Å². The van der Waals surface area contributed by atoms with Crippen molar-refractivity contribution in [2.24, 2.45) is 10.7 Å². The van der Waals surface area contributed by atoms with Crippen LogP contribution in [0.4, 0.5) is 10.2 Å². The van der Waals surface area contributed by atoms with Crippen LogP contribution in [0.1, 0.15) is 43.4 Å². The Balaban J connectivity index is 1.72. The first-order chi connectivity index (χ1) is 15.0. The number of hydrogen-bond acceptors (Lipinski definition) is 8. The average Bonchev–Trinajstić information content (AvgIpc) is 3.18. The van der Waals surface area contributed by atoms with Gasteiger partial charge < -0.3 is 15.8 Å². The highest BCUT2D eigenvalue weighted by molar-refractivity contribution is 8.04. The average molecular weight is 464 g/mol. The van der Waals surface area contributed by atoms with Gasteiger partial charge in [0.05, 0.1) is 29.5 Å². The molecule has 172 valence electrons. The first-order valence-corrected chi connectivity index (χ1v) is 11.9. The van der Waals surface area contributed by atoms with Crippen molar-refractivity contribution < 1.29 is 18.1 Å². The highest BCUT2D eigenvalue weighted by Gasteiger charge is 2.59. The predicted octanol–water partition coefficient (Wildman–Crippen LogP) is 0.930. The number of nitrogens with one attached hydrogen (secondary N) is 2. The van der Waals surface area contributed by atoms with Gasteiger partial charge in [-0.15, -0.1) is 0 Å². The minimum Gasteiger partial charge on any atom is -0.480 e. The lowest BCUT2D eigenvalue weighted by molar-refractivity contribution is 0.102. The molecule has 0 unspecified atom stereocenters. The Morgan fingerprint density at radius 3 is 2.72 bits per heavy atom. The zero-order chi connectivity index (χ0) is 23.3. The van der Waals surface area contributed by atoms with Gasteiger partial charge >= 0.3 is 0 Å². The monoisotopic (exact) mass is 463 g/mol. The van der Waals surface area contributed by atoms with Crippen LogP contribution in [-0.4, -0.2) is 54.6 Å². The Hall–Kier alpha value is -2.99. The molecule has 10 nitrogen and oxygen atoms in total. The highest BCUT2D eigenvalue weighted by Crippen LogP contribution is 2.48. The molecular weight excluding hydrogens is 437 g/mol. The number of nitrogens with zero attached hydrogens (tertiary/aromatic N) is 4. The molecule has 0 aromatic carbocycles. The molecule has 2 atom stereocenters. The van der Waals surface area contributed by atoms with Crippen LogP contribution in [0.15, 0.2) is 29.5 Å². The minimum absolute atomic E-state index is 0.0245. The molecule has 2 aromatic rings. The third kappa shape index (κ3) is 3.25. The number of amides is 1. The van der Waals surface area contributed by atoms with E-state index in [4.69, 9.17) is 10.5 Å². The smallest absolute Gasteiger partial charge is 0.277 e. The fourth-order valence-corrected chi connectivity index (χ4v) is 7.94. The molecule has 12 heteroatoms. The molecule has 0 spiro atoms. The van der Waals surface area contributed by atoms with Crippen molar-refractivity contribution >= 4 is 27.7 Å². The number of pyridine rings is 1. The Morgan fingerprint density at radius 1 is 1.31 bits per heavy atom. The fourth-order valence-electron chi connectivity index (χ4n) is 4.31. The number of ether oxygens (including phenoxy) is 1. The topological polar surface area (TPSA) is 144 Å². The van der Waals surface area contributed by atoms with Crippen LogP contribution in [0.3, 0.4) is 0 Å². The van der Waals surface area contributed by atoms with E-state index in [1.54, 1.807) is 20.8 Å². The van der Waals surface area contributed by atoms with Crippen LogP contribution in [0.25, 0.3) is 0 Å². The summed E-state index contributed by atoms with van der Waals surface area (Å²) in [5, 5.41) is 2.10. The molecular formula is C20H26FN7O3S. The van der Waals surface area contributed by atoms with E-state index in [2.05, 4.69) is 30.0 Å². The van der Waals surface area contributed by atoms with Crippen LogP contribution in [0, 0.1) is 5.82 Å². The number of thiol groups is 1. The number of aromatic nitrogens is 3. The molecule has 0 aliphatic carbocycles. The van der Waals surface area contributed by atoms with Gasteiger partial charge in [-0.1, -0.05) is 0 Å². The second kappa shape index (κ2) is 7.55. The van der Waals surface area contributed by atoms with Crippen molar-refractivity contribution in [3.63, 3.8) is 0 Å². The zero-order valence-electron chi connectivity index (χ0n) is 18.2. The van der Waals surface area contributed by atoms with E-state index in [9.17, 15) is 9.00 Å². The van der Waals surface area contributed by atoms with Gasteiger partial charge in [0.25, 0.3) is 5.91 Å². The van der Waals surface area contributed by atoms with E-state index >= 15 is 4.39 Å². The summed E-state index contributed by atoms with van der Waals surface area (Å²) in [5.74, 6) is -0.648. The van der Waals surface area contributed by atoms with E-state index in [1.807, 2.05) is 0 Å². The Morgan fingerprint density at radius 2 is 2.06 bits per heavy atom. The molecule has 1 fully saturated rings. The van der Waals surface area contributed by atoms with Gasteiger partial charge in [-0.05, 0) is 49.4 Å². The van der Waals surface area contributed by atoms with Crippen LogP contribution in [0.5, 0.6) is 5.88 Å². The van der Waals surface area contributed by atoms with E-state index < -0.39 is 37.4 Å². The third-order valence-electron chi connectivity index (χ3n) is 6.30. The number of fused-ring (bicyclic) bond motifs is 1. The molecule has 32 heavy (non-hydrogen) atoms. The Labute approximate surface area is 185 Å². The summed E-state index contributed by atoms with van der Waals surface area (Å²) < 4.78 is 36.2. The summed E-state index contributed by atoms with van der Waals surface area (Å²) in [6.45, 7) is 5.77. The first kappa shape index (κ1) is 22.2. The zero-order valence-corrected chi connectivity index (χ0v) is 19.1. The van der Waals surface area contributed by atoms with Crippen molar-refractivity contribution in [3.8, 4) is 5.88 Å². The van der Waals surface area contributed by atoms with Gasteiger partial charge in [0.1, 0.15) is 34.4 Å². The molecule has 1 amide bonds. The summed E-state index contributed by atoms with van der Waals surface area (Å²) in [7, 11) is -1.63. The summed E-state index contributed by atoms with van der Waals surface area (Å²) in [4.78, 5) is 29.4. The number of nitrogens with two attached hydrogens (primary N) is 1. The number of aliphatic imine (C=N–C) groups is 1. The molecule has 2 aromatic heterocycles. The number of amidine groups is 1.